The predicted octanol–water partition coefficient (Wildman–Crippen LogP) is 3.71. The first-order valence-electron chi connectivity index (χ1n) is 7.95. The van der Waals surface area contributed by atoms with Crippen LogP contribution in [0.2, 0.25) is 0 Å². The molecule has 0 bridgehead atoms. The molecule has 2 aromatic carbocycles. The summed E-state index contributed by atoms with van der Waals surface area (Å²) in [7, 11) is 0. The van der Waals surface area contributed by atoms with Gasteiger partial charge in [0.2, 0.25) is 5.78 Å². The molecule has 1 N–H and O–H groups in total. The zero-order valence-corrected chi connectivity index (χ0v) is 14.0. The van der Waals surface area contributed by atoms with Gasteiger partial charge in [-0.15, -0.1) is 0 Å². The minimum absolute atomic E-state index is 0.0544. The predicted molar refractivity (Wildman–Crippen MR) is 94.1 cm³/mol. The molecule has 1 heterocycles. The Bertz CT molecular complexity index is 982. The summed E-state index contributed by atoms with van der Waals surface area (Å²) in [6.07, 6.45) is 1.35. The molecule has 1 amide bonds. The van der Waals surface area contributed by atoms with Crippen LogP contribution in [-0.2, 0) is 4.74 Å². The van der Waals surface area contributed by atoms with Crippen molar-refractivity contribution >= 4 is 23.3 Å². The number of furan rings is 1. The Balaban J connectivity index is 1.69. The normalized spacial score (nSPS) is 10.3. The van der Waals surface area contributed by atoms with Crippen molar-refractivity contribution in [2.24, 2.45) is 0 Å². The number of para-hydroxylation sites is 1. The van der Waals surface area contributed by atoms with Crippen molar-refractivity contribution in [3.8, 4) is 0 Å². The minimum Gasteiger partial charge on any atom is -0.459 e. The fourth-order valence-corrected chi connectivity index (χ4v) is 2.34. The molecule has 0 unspecified atom stereocenters. The molecule has 0 aliphatic rings. The van der Waals surface area contributed by atoms with E-state index < -0.39 is 30.1 Å². The lowest BCUT2D eigenvalue weighted by Crippen LogP contribution is -2.18. The molecular weight excluding hydrogens is 353 g/mol. The highest BCUT2D eigenvalue weighted by atomic mass is 19.1. The van der Waals surface area contributed by atoms with E-state index in [-0.39, 0.29) is 22.6 Å². The van der Waals surface area contributed by atoms with Crippen molar-refractivity contribution in [3.63, 3.8) is 0 Å². The third kappa shape index (κ3) is 4.27. The highest BCUT2D eigenvalue weighted by Crippen LogP contribution is 2.18. The van der Waals surface area contributed by atoms with Gasteiger partial charge in [-0.25, -0.2) is 9.18 Å². The molecule has 0 radical (unpaired) electrons. The van der Waals surface area contributed by atoms with Gasteiger partial charge in [0.1, 0.15) is 5.82 Å². The first-order chi connectivity index (χ1) is 13.1. The quantitative estimate of drug-likeness (QED) is 0.530. The van der Waals surface area contributed by atoms with E-state index in [2.05, 4.69) is 5.32 Å². The van der Waals surface area contributed by atoms with E-state index in [0.717, 1.165) is 6.07 Å². The molecule has 1 aromatic heterocycles. The zero-order chi connectivity index (χ0) is 19.2. The number of carbonyl (C=O) groups excluding carboxylic acids is 3. The highest BCUT2D eigenvalue weighted by Gasteiger charge is 2.18. The molecule has 0 fully saturated rings. The Morgan fingerprint density at radius 3 is 2.33 bits per heavy atom. The van der Waals surface area contributed by atoms with E-state index in [1.807, 2.05) is 0 Å². The van der Waals surface area contributed by atoms with Crippen LogP contribution in [-0.4, -0.2) is 24.3 Å². The smallest absolute Gasteiger partial charge is 0.340 e. The van der Waals surface area contributed by atoms with E-state index in [9.17, 15) is 18.8 Å². The van der Waals surface area contributed by atoms with Crippen molar-refractivity contribution in [2.75, 3.05) is 11.9 Å². The van der Waals surface area contributed by atoms with Crippen molar-refractivity contribution < 1.29 is 27.9 Å². The molecule has 0 saturated carbocycles. The molecule has 6 nitrogen and oxygen atoms in total. The van der Waals surface area contributed by atoms with Crippen molar-refractivity contribution in [2.45, 2.75) is 0 Å². The molecule has 3 aromatic rings. The van der Waals surface area contributed by atoms with Gasteiger partial charge in [0.25, 0.3) is 5.91 Å². The van der Waals surface area contributed by atoms with E-state index in [0.29, 0.717) is 0 Å². The minimum atomic E-state index is -0.824. The molecule has 3 rings (SSSR count). The number of carbonyl (C=O) groups is 3. The fourth-order valence-electron chi connectivity index (χ4n) is 2.34. The summed E-state index contributed by atoms with van der Waals surface area (Å²) in [6.45, 7) is -0.625. The number of esters is 1. The lowest BCUT2D eigenvalue weighted by molar-refractivity contribution is 0.0474. The summed E-state index contributed by atoms with van der Waals surface area (Å²) in [5, 5.41) is 2.54. The highest BCUT2D eigenvalue weighted by molar-refractivity contribution is 6.07. The number of hydrogen-bond acceptors (Lipinski definition) is 5. The van der Waals surface area contributed by atoms with Gasteiger partial charge in [0.05, 0.1) is 23.1 Å². The first-order valence-corrected chi connectivity index (χ1v) is 7.95. The number of halogens is 1. The van der Waals surface area contributed by atoms with Gasteiger partial charge in [0.15, 0.2) is 12.4 Å². The largest absolute Gasteiger partial charge is 0.459 e. The van der Waals surface area contributed by atoms with Crippen LogP contribution in [0.4, 0.5) is 10.1 Å². The summed E-state index contributed by atoms with van der Waals surface area (Å²) in [5.74, 6) is -2.64. The lowest BCUT2D eigenvalue weighted by Gasteiger charge is -2.10. The maximum absolute atomic E-state index is 13.6. The van der Waals surface area contributed by atoms with Crippen LogP contribution < -0.4 is 5.32 Å². The standard InChI is InChI=1S/C20H14FNO5/c21-15-8-3-1-6-13(15)17(23)12-27-20(25)14-7-2-4-9-16(14)22-19(24)18-10-5-11-26-18/h1-11H,12H2,(H,22,24). The maximum atomic E-state index is 13.6. The Morgan fingerprint density at radius 1 is 0.926 bits per heavy atom. The molecule has 0 aliphatic carbocycles. The number of amides is 1. The van der Waals surface area contributed by atoms with Gasteiger partial charge < -0.3 is 14.5 Å². The summed E-state index contributed by atoms with van der Waals surface area (Å²) in [6, 6.07) is 14.6. The van der Waals surface area contributed by atoms with Gasteiger partial charge in [0, 0.05) is 0 Å². The van der Waals surface area contributed by atoms with Crippen LogP contribution >= 0.6 is 0 Å². The van der Waals surface area contributed by atoms with Crippen LogP contribution in [0.15, 0.2) is 71.3 Å². The molecule has 27 heavy (non-hydrogen) atoms. The topological polar surface area (TPSA) is 85.6 Å². The van der Waals surface area contributed by atoms with Crippen LogP contribution in [0.3, 0.4) is 0 Å². The summed E-state index contributed by atoms with van der Waals surface area (Å²) >= 11 is 0. The number of nitrogens with one attached hydrogen (secondary N) is 1. The van der Waals surface area contributed by atoms with Crippen LogP contribution in [0.1, 0.15) is 31.3 Å². The Morgan fingerprint density at radius 2 is 1.63 bits per heavy atom. The van der Waals surface area contributed by atoms with E-state index in [4.69, 9.17) is 9.15 Å². The van der Waals surface area contributed by atoms with Crippen molar-refractivity contribution in [1.29, 1.82) is 0 Å². The van der Waals surface area contributed by atoms with Gasteiger partial charge in [-0.3, -0.25) is 9.59 Å². The van der Waals surface area contributed by atoms with E-state index >= 15 is 0 Å². The first kappa shape index (κ1) is 18.1. The van der Waals surface area contributed by atoms with E-state index in [1.54, 1.807) is 18.2 Å². The second-order valence-electron chi connectivity index (χ2n) is 5.46. The Hall–Kier alpha value is -3.74. The van der Waals surface area contributed by atoms with Gasteiger partial charge >= 0.3 is 5.97 Å². The van der Waals surface area contributed by atoms with Crippen molar-refractivity contribution in [1.82, 2.24) is 0 Å². The number of ether oxygens (including phenoxy) is 1. The van der Waals surface area contributed by atoms with Crippen LogP contribution in [0.5, 0.6) is 0 Å². The molecular formula is C20H14FNO5. The van der Waals surface area contributed by atoms with Crippen molar-refractivity contribution in [3.05, 3.63) is 89.6 Å². The molecule has 0 atom stereocenters. The third-order valence-corrected chi connectivity index (χ3v) is 3.65. The number of rotatable bonds is 6. The van der Waals surface area contributed by atoms with Crippen LogP contribution in [0.25, 0.3) is 0 Å². The number of benzene rings is 2. The maximum Gasteiger partial charge on any atom is 0.340 e. The van der Waals surface area contributed by atoms with Gasteiger partial charge in [-0.1, -0.05) is 24.3 Å². The SMILES string of the molecule is O=C(Nc1ccccc1C(=O)OCC(=O)c1ccccc1F)c1ccco1. The Kier molecular flexibility index (Phi) is 5.41. The number of ketones is 1. The van der Waals surface area contributed by atoms with Gasteiger partial charge in [-0.2, -0.15) is 0 Å². The number of hydrogen-bond donors (Lipinski definition) is 1. The molecule has 0 aliphatic heterocycles. The second-order valence-corrected chi connectivity index (χ2v) is 5.46. The number of anilines is 1. The summed E-state index contributed by atoms with van der Waals surface area (Å²) in [4.78, 5) is 36.4. The third-order valence-electron chi connectivity index (χ3n) is 3.65. The van der Waals surface area contributed by atoms with Crippen LogP contribution in [0, 0.1) is 5.82 Å². The average molecular weight is 367 g/mol. The monoisotopic (exact) mass is 367 g/mol. The summed E-state index contributed by atoms with van der Waals surface area (Å²) in [5.41, 5.74) is 0.0886. The summed E-state index contributed by atoms with van der Waals surface area (Å²) < 4.78 is 23.6. The molecule has 0 spiro atoms. The molecule has 0 saturated heterocycles. The molecule has 136 valence electrons. The number of Topliss-reactive ketones (excluding diaryl/α,β-unsaturated/α-hetero) is 1. The van der Waals surface area contributed by atoms with Gasteiger partial charge in [-0.05, 0) is 36.4 Å². The average Bonchev–Trinajstić information content (AvgIpc) is 3.21. The molecule has 7 heteroatoms. The van der Waals surface area contributed by atoms with E-state index in [1.165, 1.54) is 42.7 Å². The lowest BCUT2D eigenvalue weighted by atomic mass is 10.1. The fraction of sp³-hybridized carbons (Fsp3) is 0.0500. The zero-order valence-electron chi connectivity index (χ0n) is 14.0. The Labute approximate surface area is 153 Å². The second kappa shape index (κ2) is 8.09.